The molecule has 1 aliphatic rings. The first kappa shape index (κ1) is 16.4. The molecule has 0 bridgehead atoms. The molecular weight excluding hydrogens is 270 g/mol. The van der Waals surface area contributed by atoms with Gasteiger partial charge in [-0.2, -0.15) is 0 Å². The lowest BCUT2D eigenvalue weighted by Gasteiger charge is -2.24. The topological polar surface area (TPSA) is 15.3 Å². The average molecular weight is 296 g/mol. The Hall–Kier alpha value is -1.00. The fraction of sp³-hybridized carbons (Fsp3) is 0.647. The van der Waals surface area contributed by atoms with Crippen LogP contribution in [0.3, 0.4) is 0 Å². The summed E-state index contributed by atoms with van der Waals surface area (Å²) in [4.78, 5) is 2.42. The van der Waals surface area contributed by atoms with E-state index in [2.05, 4.69) is 24.1 Å². The van der Waals surface area contributed by atoms with Crippen molar-refractivity contribution in [1.82, 2.24) is 10.2 Å². The van der Waals surface area contributed by atoms with Crippen LogP contribution in [0.25, 0.3) is 0 Å². The predicted molar refractivity (Wildman–Crippen MR) is 82.2 cm³/mol. The number of benzene rings is 1. The van der Waals surface area contributed by atoms with Gasteiger partial charge >= 0.3 is 0 Å². The van der Waals surface area contributed by atoms with Crippen LogP contribution < -0.4 is 5.32 Å². The van der Waals surface area contributed by atoms with Crippen LogP contribution in [-0.4, -0.2) is 31.1 Å². The largest absolute Gasteiger partial charge is 0.310 e. The highest BCUT2D eigenvalue weighted by Crippen LogP contribution is 2.30. The molecule has 1 unspecified atom stereocenters. The molecule has 1 heterocycles. The van der Waals surface area contributed by atoms with Crippen LogP contribution in [0, 0.1) is 17.0 Å². The highest BCUT2D eigenvalue weighted by atomic mass is 19.2. The van der Waals surface area contributed by atoms with Crippen molar-refractivity contribution in [3.8, 4) is 0 Å². The molecule has 0 aromatic heterocycles. The molecule has 1 aromatic rings. The lowest BCUT2D eigenvalue weighted by Crippen LogP contribution is -2.30. The van der Waals surface area contributed by atoms with Gasteiger partial charge in [-0.3, -0.25) is 0 Å². The van der Waals surface area contributed by atoms with E-state index < -0.39 is 11.6 Å². The van der Waals surface area contributed by atoms with Crippen LogP contribution in [0.15, 0.2) is 18.2 Å². The Balaban J connectivity index is 2.01. The van der Waals surface area contributed by atoms with E-state index in [0.29, 0.717) is 11.0 Å². The van der Waals surface area contributed by atoms with Crippen LogP contribution in [0.4, 0.5) is 8.78 Å². The summed E-state index contributed by atoms with van der Waals surface area (Å²) in [6, 6.07) is 4.30. The highest BCUT2D eigenvalue weighted by molar-refractivity contribution is 5.22. The molecule has 0 spiro atoms. The third-order valence-electron chi connectivity index (χ3n) is 4.30. The van der Waals surface area contributed by atoms with Gasteiger partial charge in [0.25, 0.3) is 0 Å². The molecule has 1 fully saturated rings. The van der Waals surface area contributed by atoms with Gasteiger partial charge in [0.15, 0.2) is 11.6 Å². The summed E-state index contributed by atoms with van der Waals surface area (Å²) in [5, 5.41) is 3.28. The number of rotatable bonds is 6. The normalized spacial score (nSPS) is 19.9. The maximum Gasteiger partial charge on any atom is 0.163 e. The SMILES string of the molecule is CCNC(CCN1CCC(C)(C)C1)c1cccc(F)c1F. The zero-order valence-electron chi connectivity index (χ0n) is 13.3. The van der Waals surface area contributed by atoms with Gasteiger partial charge in [-0.15, -0.1) is 0 Å². The monoisotopic (exact) mass is 296 g/mol. The van der Waals surface area contributed by atoms with E-state index in [4.69, 9.17) is 0 Å². The van der Waals surface area contributed by atoms with Crippen molar-refractivity contribution < 1.29 is 8.78 Å². The minimum absolute atomic E-state index is 0.130. The summed E-state index contributed by atoms with van der Waals surface area (Å²) in [6.07, 6.45) is 2.00. The lowest BCUT2D eigenvalue weighted by molar-refractivity contribution is 0.273. The van der Waals surface area contributed by atoms with E-state index in [0.717, 1.165) is 32.6 Å². The molecule has 2 nitrogen and oxygen atoms in total. The fourth-order valence-electron chi connectivity index (χ4n) is 3.13. The summed E-state index contributed by atoms with van der Waals surface area (Å²) < 4.78 is 27.4. The van der Waals surface area contributed by atoms with Crippen molar-refractivity contribution in [2.75, 3.05) is 26.2 Å². The molecule has 4 heteroatoms. The van der Waals surface area contributed by atoms with Gasteiger partial charge in [-0.1, -0.05) is 32.9 Å². The fourth-order valence-corrected chi connectivity index (χ4v) is 3.13. The number of nitrogens with zero attached hydrogens (tertiary/aromatic N) is 1. The summed E-state index contributed by atoms with van der Waals surface area (Å²) in [7, 11) is 0. The van der Waals surface area contributed by atoms with Crippen molar-refractivity contribution in [3.05, 3.63) is 35.4 Å². The molecule has 0 aliphatic carbocycles. The maximum atomic E-state index is 14.0. The Morgan fingerprint density at radius 3 is 2.71 bits per heavy atom. The minimum Gasteiger partial charge on any atom is -0.310 e. The Morgan fingerprint density at radius 1 is 1.33 bits per heavy atom. The van der Waals surface area contributed by atoms with Crippen molar-refractivity contribution in [3.63, 3.8) is 0 Å². The van der Waals surface area contributed by atoms with Gasteiger partial charge in [-0.05, 0) is 44.0 Å². The minimum atomic E-state index is -0.766. The van der Waals surface area contributed by atoms with Crippen molar-refractivity contribution in [2.45, 2.75) is 39.7 Å². The zero-order chi connectivity index (χ0) is 15.5. The average Bonchev–Trinajstić information content (AvgIpc) is 2.78. The summed E-state index contributed by atoms with van der Waals surface area (Å²) in [5.74, 6) is -1.48. The standard InChI is InChI=1S/C17H26F2N2/c1-4-20-15(13-6-5-7-14(18)16(13)19)8-10-21-11-9-17(2,3)12-21/h5-7,15,20H,4,8-12H2,1-3H3. The molecule has 0 radical (unpaired) electrons. The molecule has 21 heavy (non-hydrogen) atoms. The third-order valence-corrected chi connectivity index (χ3v) is 4.30. The third kappa shape index (κ3) is 4.24. The number of halogens is 2. The Kier molecular flexibility index (Phi) is 5.33. The molecule has 118 valence electrons. The number of nitrogens with one attached hydrogen (secondary N) is 1. The van der Waals surface area contributed by atoms with E-state index in [1.54, 1.807) is 12.1 Å². The van der Waals surface area contributed by atoms with E-state index in [1.807, 2.05) is 6.92 Å². The first-order chi connectivity index (χ1) is 9.93. The molecule has 1 N–H and O–H groups in total. The quantitative estimate of drug-likeness (QED) is 0.860. The molecular formula is C17H26F2N2. The smallest absolute Gasteiger partial charge is 0.163 e. The van der Waals surface area contributed by atoms with E-state index in [9.17, 15) is 8.78 Å². The van der Waals surface area contributed by atoms with Gasteiger partial charge in [0, 0.05) is 18.2 Å². The Morgan fingerprint density at radius 2 is 2.10 bits per heavy atom. The van der Waals surface area contributed by atoms with Crippen molar-refractivity contribution in [1.29, 1.82) is 0 Å². The van der Waals surface area contributed by atoms with Crippen molar-refractivity contribution >= 4 is 0 Å². The number of likely N-dealkylation sites (tertiary alicyclic amines) is 1. The van der Waals surface area contributed by atoms with Gasteiger partial charge in [0.2, 0.25) is 0 Å². The second-order valence-electron chi connectivity index (χ2n) is 6.73. The van der Waals surface area contributed by atoms with Gasteiger partial charge < -0.3 is 10.2 Å². The first-order valence-electron chi connectivity index (χ1n) is 7.82. The van der Waals surface area contributed by atoms with Crippen LogP contribution >= 0.6 is 0 Å². The maximum absolute atomic E-state index is 14.0. The second kappa shape index (κ2) is 6.84. The molecule has 2 rings (SSSR count). The Labute approximate surface area is 126 Å². The molecule has 1 atom stereocenters. The Bertz CT molecular complexity index is 474. The van der Waals surface area contributed by atoms with E-state index in [1.165, 1.54) is 12.5 Å². The van der Waals surface area contributed by atoms with E-state index >= 15 is 0 Å². The summed E-state index contributed by atoms with van der Waals surface area (Å²) in [6.45, 7) is 10.4. The number of hydrogen-bond donors (Lipinski definition) is 1. The van der Waals surface area contributed by atoms with Crippen LogP contribution in [0.5, 0.6) is 0 Å². The van der Waals surface area contributed by atoms with Crippen molar-refractivity contribution in [2.24, 2.45) is 5.41 Å². The van der Waals surface area contributed by atoms with Gasteiger partial charge in [0.1, 0.15) is 0 Å². The predicted octanol–water partition coefficient (Wildman–Crippen LogP) is 3.74. The number of hydrogen-bond acceptors (Lipinski definition) is 2. The second-order valence-corrected chi connectivity index (χ2v) is 6.73. The first-order valence-corrected chi connectivity index (χ1v) is 7.82. The highest BCUT2D eigenvalue weighted by Gasteiger charge is 2.29. The van der Waals surface area contributed by atoms with Gasteiger partial charge in [-0.25, -0.2) is 8.78 Å². The zero-order valence-corrected chi connectivity index (χ0v) is 13.3. The molecule has 1 saturated heterocycles. The van der Waals surface area contributed by atoms with Gasteiger partial charge in [0.05, 0.1) is 0 Å². The van der Waals surface area contributed by atoms with Crippen LogP contribution in [-0.2, 0) is 0 Å². The lowest BCUT2D eigenvalue weighted by atomic mass is 9.93. The summed E-state index contributed by atoms with van der Waals surface area (Å²) in [5.41, 5.74) is 0.813. The van der Waals surface area contributed by atoms with E-state index in [-0.39, 0.29) is 6.04 Å². The molecule has 1 aromatic carbocycles. The van der Waals surface area contributed by atoms with Crippen LogP contribution in [0.2, 0.25) is 0 Å². The van der Waals surface area contributed by atoms with Crippen LogP contribution in [0.1, 0.15) is 45.2 Å². The summed E-state index contributed by atoms with van der Waals surface area (Å²) >= 11 is 0. The molecule has 0 amide bonds. The molecule has 0 saturated carbocycles. The molecule has 1 aliphatic heterocycles.